The van der Waals surface area contributed by atoms with Gasteiger partial charge in [0.05, 0.1) is 11.3 Å². The lowest BCUT2D eigenvalue weighted by molar-refractivity contribution is -0.137. The van der Waals surface area contributed by atoms with Gasteiger partial charge in [-0.15, -0.1) is 0 Å². The number of hydrogen-bond donors (Lipinski definition) is 3. The molecule has 3 aliphatic rings. The van der Waals surface area contributed by atoms with Crippen LogP contribution in [0.5, 0.6) is 0 Å². The molecule has 3 heterocycles. The van der Waals surface area contributed by atoms with Crippen LogP contribution in [0.3, 0.4) is 0 Å². The number of piperidine rings is 1. The number of rotatable bonds is 4. The first-order valence-corrected chi connectivity index (χ1v) is 12.7. The summed E-state index contributed by atoms with van der Waals surface area (Å²) in [4.78, 5) is 59.1. The highest BCUT2D eigenvalue weighted by atomic mass is 35.5. The maximum atomic E-state index is 13.1. The lowest BCUT2D eigenvalue weighted by Crippen LogP contribution is -2.52. The van der Waals surface area contributed by atoms with Gasteiger partial charge in [-0.2, -0.15) is 0 Å². The van der Waals surface area contributed by atoms with Crippen LogP contribution in [0, 0.1) is 0 Å². The Kier molecular flexibility index (Phi) is 5.87. The molecule has 9 nitrogen and oxygen atoms in total. The second-order valence-corrected chi connectivity index (χ2v) is 10.2. The number of benzene rings is 2. The first-order chi connectivity index (χ1) is 18.3. The number of nitrogens with one attached hydrogen (secondary N) is 2. The molecule has 2 aliphatic heterocycles. The van der Waals surface area contributed by atoms with Gasteiger partial charge in [0.25, 0.3) is 5.91 Å². The number of carbonyl (C=O) groups is 4. The smallest absolute Gasteiger partial charge is 0.255 e. The summed E-state index contributed by atoms with van der Waals surface area (Å²) in [6.07, 6.45) is 4.01. The third-order valence-electron chi connectivity index (χ3n) is 7.50. The van der Waals surface area contributed by atoms with Crippen molar-refractivity contribution < 1.29 is 24.3 Å². The number of aliphatic imine (C=N–C) groups is 1. The Morgan fingerprint density at radius 2 is 1.92 bits per heavy atom. The average molecular weight is 531 g/mol. The molecule has 38 heavy (non-hydrogen) atoms. The molecule has 6 rings (SSSR count). The highest BCUT2D eigenvalue weighted by Gasteiger charge is 2.40. The highest BCUT2D eigenvalue weighted by molar-refractivity contribution is 6.32. The summed E-state index contributed by atoms with van der Waals surface area (Å²) in [6.45, 7) is 0.161. The molecule has 2 aromatic carbocycles. The van der Waals surface area contributed by atoms with Crippen LogP contribution >= 0.6 is 11.6 Å². The molecule has 1 saturated heterocycles. The highest BCUT2D eigenvalue weighted by Crippen LogP contribution is 2.41. The zero-order valence-electron chi connectivity index (χ0n) is 20.2. The third-order valence-corrected chi connectivity index (χ3v) is 7.83. The van der Waals surface area contributed by atoms with E-state index in [0.717, 1.165) is 16.5 Å². The largest absolute Gasteiger partial charge is 0.511 e. The number of ketones is 1. The first kappa shape index (κ1) is 24.1. The van der Waals surface area contributed by atoms with Crippen LogP contribution in [0.2, 0.25) is 5.02 Å². The van der Waals surface area contributed by atoms with Crippen LogP contribution in [0.15, 0.2) is 58.9 Å². The Hall–Kier alpha value is -4.24. The number of nitrogens with zero attached hydrogens (tertiary/aromatic N) is 2. The van der Waals surface area contributed by atoms with Crippen molar-refractivity contribution in [1.29, 1.82) is 0 Å². The number of aromatic amines is 1. The maximum Gasteiger partial charge on any atom is 0.255 e. The van der Waals surface area contributed by atoms with Crippen molar-refractivity contribution in [3.8, 4) is 0 Å². The van der Waals surface area contributed by atoms with E-state index in [0.29, 0.717) is 21.8 Å². The fourth-order valence-corrected chi connectivity index (χ4v) is 5.95. The molecule has 0 saturated carbocycles. The van der Waals surface area contributed by atoms with Gasteiger partial charge >= 0.3 is 0 Å². The van der Waals surface area contributed by atoms with Crippen molar-refractivity contribution in [3.63, 3.8) is 0 Å². The standard InChI is InChI=1S/C28H23ClN4O5/c29-19-4-5-21-16(8-9-30-21)26(19)14-10-23(34)17(24(35)11-14)12-31-20-3-1-2-15-18(20)13-33(28(15)38)22-6-7-25(36)32-27(22)37/h1-5,8-9,12,14,22,30,34H,6-7,10-11,13H2,(H,32,36,37). The molecule has 3 amide bonds. The summed E-state index contributed by atoms with van der Waals surface area (Å²) in [7, 11) is 0. The topological polar surface area (TPSA) is 132 Å². The number of H-pyrrole nitrogens is 1. The van der Waals surface area contributed by atoms with Crippen molar-refractivity contribution in [2.75, 3.05) is 0 Å². The zero-order chi connectivity index (χ0) is 26.6. The van der Waals surface area contributed by atoms with Crippen molar-refractivity contribution in [2.45, 2.75) is 44.2 Å². The van der Waals surface area contributed by atoms with Crippen molar-refractivity contribution in [3.05, 3.63) is 75.6 Å². The lowest BCUT2D eigenvalue weighted by atomic mass is 9.81. The molecule has 0 bridgehead atoms. The number of aromatic nitrogens is 1. The number of hydrogen-bond acceptors (Lipinski definition) is 6. The van der Waals surface area contributed by atoms with Crippen LogP contribution in [-0.2, 0) is 20.9 Å². The molecular formula is C28H23ClN4O5. The summed E-state index contributed by atoms with van der Waals surface area (Å²) < 4.78 is 0. The van der Waals surface area contributed by atoms with Crippen LogP contribution in [0.4, 0.5) is 5.69 Å². The van der Waals surface area contributed by atoms with Crippen LogP contribution < -0.4 is 5.32 Å². The van der Waals surface area contributed by atoms with E-state index in [2.05, 4.69) is 15.3 Å². The van der Waals surface area contributed by atoms with Crippen LogP contribution in [-0.4, -0.2) is 50.8 Å². The number of halogens is 1. The second kappa shape index (κ2) is 9.25. The van der Waals surface area contributed by atoms with Gasteiger partial charge in [-0.05, 0) is 42.3 Å². The Labute approximate surface area is 222 Å². The molecule has 3 aromatic rings. The minimum atomic E-state index is -0.732. The van der Waals surface area contributed by atoms with E-state index in [1.165, 1.54) is 11.1 Å². The Balaban J connectivity index is 1.26. The first-order valence-electron chi connectivity index (χ1n) is 12.3. The van der Waals surface area contributed by atoms with E-state index >= 15 is 0 Å². The Morgan fingerprint density at radius 1 is 1.08 bits per heavy atom. The fourth-order valence-electron chi connectivity index (χ4n) is 5.63. The molecular weight excluding hydrogens is 508 g/mol. The minimum Gasteiger partial charge on any atom is -0.511 e. The van der Waals surface area contributed by atoms with E-state index in [1.54, 1.807) is 24.3 Å². The molecule has 10 heteroatoms. The average Bonchev–Trinajstić information content (AvgIpc) is 3.48. The van der Waals surface area contributed by atoms with Crippen LogP contribution in [0.1, 0.15) is 53.1 Å². The number of carbonyl (C=O) groups excluding carboxylic acids is 4. The lowest BCUT2D eigenvalue weighted by Gasteiger charge is -2.29. The van der Waals surface area contributed by atoms with Gasteiger partial charge < -0.3 is 15.0 Å². The van der Waals surface area contributed by atoms with E-state index in [1.807, 2.05) is 18.3 Å². The quantitative estimate of drug-likeness (QED) is 0.343. The molecule has 1 fully saturated rings. The normalized spacial score (nSPS) is 22.1. The van der Waals surface area contributed by atoms with Gasteiger partial charge in [-0.3, -0.25) is 29.5 Å². The molecule has 1 aromatic heterocycles. The number of amides is 3. The summed E-state index contributed by atoms with van der Waals surface area (Å²) in [6, 6.07) is 9.91. The van der Waals surface area contributed by atoms with Gasteiger partial charge in [0.15, 0.2) is 5.78 Å². The van der Waals surface area contributed by atoms with Gasteiger partial charge in [0, 0.05) is 71.2 Å². The van der Waals surface area contributed by atoms with Crippen LogP contribution in [0.25, 0.3) is 10.9 Å². The van der Waals surface area contributed by atoms with E-state index in [-0.39, 0.29) is 67.1 Å². The number of imide groups is 1. The Morgan fingerprint density at radius 3 is 2.71 bits per heavy atom. The second-order valence-electron chi connectivity index (χ2n) is 9.75. The molecule has 1 aliphatic carbocycles. The van der Waals surface area contributed by atoms with E-state index in [4.69, 9.17) is 11.6 Å². The predicted octanol–water partition coefficient (Wildman–Crippen LogP) is 4.24. The zero-order valence-corrected chi connectivity index (χ0v) is 20.9. The number of allylic oxidation sites excluding steroid dienone is 2. The molecule has 0 radical (unpaired) electrons. The van der Waals surface area contributed by atoms with E-state index in [9.17, 15) is 24.3 Å². The summed E-state index contributed by atoms with van der Waals surface area (Å²) in [5.41, 5.74) is 3.39. The van der Waals surface area contributed by atoms with Gasteiger partial charge in [0.1, 0.15) is 11.8 Å². The number of aliphatic hydroxyl groups is 1. The van der Waals surface area contributed by atoms with Gasteiger partial charge in [-0.1, -0.05) is 17.7 Å². The minimum absolute atomic E-state index is 0.0626. The van der Waals surface area contributed by atoms with E-state index < -0.39 is 11.9 Å². The molecule has 0 spiro atoms. The molecule has 2 atom stereocenters. The van der Waals surface area contributed by atoms with Crippen molar-refractivity contribution >= 4 is 57.9 Å². The summed E-state index contributed by atoms with van der Waals surface area (Å²) >= 11 is 6.49. The van der Waals surface area contributed by atoms with Crippen molar-refractivity contribution in [1.82, 2.24) is 15.2 Å². The number of fused-ring (bicyclic) bond motifs is 2. The Bertz CT molecular complexity index is 1600. The number of Topliss-reactive ketones (excluding diaryl/α,β-unsaturated/α-hetero) is 1. The molecule has 192 valence electrons. The molecule has 2 unspecified atom stereocenters. The third kappa shape index (κ3) is 3.99. The SMILES string of the molecule is O=C1CCC(N2Cc3c(N=CC4=C(O)CC(c5c(Cl)ccc6[nH]ccc56)CC4=O)cccc3C2=O)C(=O)N1. The monoisotopic (exact) mass is 530 g/mol. The summed E-state index contributed by atoms with van der Waals surface area (Å²) in [5.74, 6) is -1.72. The van der Waals surface area contributed by atoms with Crippen molar-refractivity contribution in [2.24, 2.45) is 4.99 Å². The maximum absolute atomic E-state index is 13.1. The predicted molar refractivity (Wildman–Crippen MR) is 141 cm³/mol. The van der Waals surface area contributed by atoms with Gasteiger partial charge in [0.2, 0.25) is 11.8 Å². The number of aliphatic hydroxyl groups excluding tert-OH is 1. The fraction of sp³-hybridized carbons (Fsp3) is 0.250. The molecule has 3 N–H and O–H groups in total. The van der Waals surface area contributed by atoms with Gasteiger partial charge in [-0.25, -0.2) is 0 Å². The summed E-state index contributed by atoms with van der Waals surface area (Å²) in [5, 5.41) is 14.6.